The molecular formula is C21H26O3. The highest BCUT2D eigenvalue weighted by molar-refractivity contribution is 5.65. The van der Waals surface area contributed by atoms with Crippen LogP contribution in [0, 0.1) is 0 Å². The Morgan fingerprint density at radius 2 is 1.67 bits per heavy atom. The van der Waals surface area contributed by atoms with Crippen molar-refractivity contribution < 1.29 is 14.3 Å². The molecule has 1 atom stereocenters. The molecule has 24 heavy (non-hydrogen) atoms. The molecule has 2 aromatic carbocycles. The smallest absolute Gasteiger partial charge is 0.426 e. The third kappa shape index (κ3) is 5.41. The summed E-state index contributed by atoms with van der Waals surface area (Å²) in [6.07, 6.45) is 3.83. The Balaban J connectivity index is 2.05. The Morgan fingerprint density at radius 3 is 2.38 bits per heavy atom. The Morgan fingerprint density at radius 1 is 0.958 bits per heavy atom. The third-order valence-electron chi connectivity index (χ3n) is 3.91. The zero-order valence-electron chi connectivity index (χ0n) is 14.5. The average Bonchev–Trinajstić information content (AvgIpc) is 2.61. The van der Waals surface area contributed by atoms with Crippen LogP contribution in [-0.4, -0.2) is 6.16 Å². The molecule has 0 saturated carbocycles. The molecule has 128 valence electrons. The predicted octanol–water partition coefficient (Wildman–Crippen LogP) is 6.09. The fourth-order valence-electron chi connectivity index (χ4n) is 2.66. The molecule has 0 amide bonds. The van der Waals surface area contributed by atoms with Crippen molar-refractivity contribution >= 4 is 6.16 Å². The van der Waals surface area contributed by atoms with Gasteiger partial charge in [0.15, 0.2) is 0 Å². The van der Waals surface area contributed by atoms with E-state index in [1.165, 1.54) is 0 Å². The number of carbonyl (C=O) groups excluding carboxylic acids is 1. The van der Waals surface area contributed by atoms with Crippen molar-refractivity contribution in [1.29, 1.82) is 0 Å². The van der Waals surface area contributed by atoms with Crippen LogP contribution in [0.25, 0.3) is 0 Å². The first kappa shape index (κ1) is 18.1. The van der Waals surface area contributed by atoms with Crippen LogP contribution in [0.2, 0.25) is 0 Å². The van der Waals surface area contributed by atoms with Gasteiger partial charge in [-0.05, 0) is 36.5 Å². The summed E-state index contributed by atoms with van der Waals surface area (Å²) in [5.41, 5.74) is 2.03. The number of rotatable bonds is 8. The van der Waals surface area contributed by atoms with Gasteiger partial charge in [-0.15, -0.1) is 0 Å². The third-order valence-corrected chi connectivity index (χ3v) is 3.91. The van der Waals surface area contributed by atoms with Gasteiger partial charge in [0.25, 0.3) is 0 Å². The van der Waals surface area contributed by atoms with Crippen LogP contribution in [0.3, 0.4) is 0 Å². The lowest BCUT2D eigenvalue weighted by Crippen LogP contribution is -2.16. The normalized spacial score (nSPS) is 11.8. The summed E-state index contributed by atoms with van der Waals surface area (Å²) in [7, 11) is 0. The topological polar surface area (TPSA) is 35.5 Å². The van der Waals surface area contributed by atoms with E-state index in [1.54, 1.807) is 0 Å². The fraction of sp³-hybridized carbons (Fsp3) is 0.381. The summed E-state index contributed by atoms with van der Waals surface area (Å²) in [5.74, 6) is 0.589. The highest BCUT2D eigenvalue weighted by Gasteiger charge is 2.18. The van der Waals surface area contributed by atoms with E-state index in [1.807, 2.05) is 54.6 Å². The van der Waals surface area contributed by atoms with Gasteiger partial charge in [-0.2, -0.15) is 0 Å². The molecule has 0 fully saturated rings. The van der Waals surface area contributed by atoms with E-state index in [0.29, 0.717) is 5.75 Å². The van der Waals surface area contributed by atoms with Crippen LogP contribution in [-0.2, 0) is 11.2 Å². The minimum Gasteiger partial charge on any atom is -0.426 e. The van der Waals surface area contributed by atoms with Crippen molar-refractivity contribution in [2.45, 2.75) is 52.1 Å². The highest BCUT2D eigenvalue weighted by Crippen LogP contribution is 2.26. The lowest BCUT2D eigenvalue weighted by atomic mass is 10.0. The van der Waals surface area contributed by atoms with Crippen molar-refractivity contribution in [1.82, 2.24) is 0 Å². The summed E-state index contributed by atoms with van der Waals surface area (Å²) in [5, 5.41) is 0. The lowest BCUT2D eigenvalue weighted by molar-refractivity contribution is 0.0527. The van der Waals surface area contributed by atoms with Crippen molar-refractivity contribution in [3.05, 3.63) is 65.7 Å². The van der Waals surface area contributed by atoms with Crippen molar-refractivity contribution in [3.8, 4) is 5.75 Å². The van der Waals surface area contributed by atoms with Crippen LogP contribution >= 0.6 is 0 Å². The number of hydrogen-bond donors (Lipinski definition) is 0. The monoisotopic (exact) mass is 326 g/mol. The zero-order chi connectivity index (χ0) is 17.2. The summed E-state index contributed by atoms with van der Waals surface area (Å²) in [4.78, 5) is 12.3. The molecule has 0 aliphatic carbocycles. The van der Waals surface area contributed by atoms with Gasteiger partial charge in [0, 0.05) is 0 Å². The van der Waals surface area contributed by atoms with E-state index < -0.39 is 6.16 Å². The van der Waals surface area contributed by atoms with Gasteiger partial charge >= 0.3 is 6.16 Å². The second-order valence-corrected chi connectivity index (χ2v) is 5.87. The Kier molecular flexibility index (Phi) is 7.34. The largest absolute Gasteiger partial charge is 0.514 e. The zero-order valence-corrected chi connectivity index (χ0v) is 14.5. The van der Waals surface area contributed by atoms with E-state index in [0.717, 1.165) is 43.2 Å². The highest BCUT2D eigenvalue weighted by atomic mass is 16.7. The van der Waals surface area contributed by atoms with Gasteiger partial charge < -0.3 is 9.47 Å². The number of benzene rings is 2. The molecule has 0 aliphatic heterocycles. The van der Waals surface area contributed by atoms with Crippen LogP contribution < -0.4 is 4.74 Å². The maximum atomic E-state index is 12.3. The first-order valence-corrected chi connectivity index (χ1v) is 8.75. The maximum absolute atomic E-state index is 12.3. The minimum atomic E-state index is -0.636. The molecular weight excluding hydrogens is 300 g/mol. The summed E-state index contributed by atoms with van der Waals surface area (Å²) < 4.78 is 11.1. The van der Waals surface area contributed by atoms with Gasteiger partial charge in [0.05, 0.1) is 0 Å². The number of unbranched alkanes of at least 4 members (excludes halogenated alkanes) is 1. The van der Waals surface area contributed by atoms with Gasteiger partial charge in [0.2, 0.25) is 0 Å². The van der Waals surface area contributed by atoms with Crippen LogP contribution in [0.1, 0.15) is 56.8 Å². The minimum absolute atomic E-state index is 0.267. The summed E-state index contributed by atoms with van der Waals surface area (Å²) >= 11 is 0. The van der Waals surface area contributed by atoms with E-state index in [4.69, 9.17) is 9.47 Å². The van der Waals surface area contributed by atoms with Gasteiger partial charge in [-0.25, -0.2) is 4.79 Å². The quantitative estimate of drug-likeness (QED) is 0.435. The second-order valence-electron chi connectivity index (χ2n) is 5.87. The Hall–Kier alpha value is -2.29. The molecule has 0 bridgehead atoms. The molecule has 0 saturated heterocycles. The van der Waals surface area contributed by atoms with Crippen LogP contribution in [0.15, 0.2) is 54.6 Å². The SMILES string of the molecule is CCCCC(OC(=O)Oc1ccccc1CCC)c1ccccc1. The molecule has 0 aliphatic rings. The van der Waals surface area contributed by atoms with E-state index >= 15 is 0 Å². The molecule has 2 aromatic rings. The van der Waals surface area contributed by atoms with Gasteiger partial charge in [-0.3, -0.25) is 0 Å². The number of ether oxygens (including phenoxy) is 2. The standard InChI is InChI=1S/C21H26O3/c1-3-5-15-19(18-12-7-6-8-13-18)23-21(22)24-20-16-10-9-14-17(20)11-4-2/h6-10,12-14,16,19H,3-5,11,15H2,1-2H3. The fourth-order valence-corrected chi connectivity index (χ4v) is 2.66. The van der Waals surface area contributed by atoms with E-state index in [-0.39, 0.29) is 6.10 Å². The predicted molar refractivity (Wildman–Crippen MR) is 96.3 cm³/mol. The van der Waals surface area contributed by atoms with Crippen LogP contribution in [0.4, 0.5) is 4.79 Å². The van der Waals surface area contributed by atoms with Crippen molar-refractivity contribution in [2.24, 2.45) is 0 Å². The summed E-state index contributed by atoms with van der Waals surface area (Å²) in [6.45, 7) is 4.23. The molecule has 0 heterocycles. The van der Waals surface area contributed by atoms with Gasteiger partial charge in [0.1, 0.15) is 11.9 Å². The second kappa shape index (κ2) is 9.76. The number of hydrogen-bond acceptors (Lipinski definition) is 3. The average molecular weight is 326 g/mol. The van der Waals surface area contributed by atoms with Gasteiger partial charge in [-0.1, -0.05) is 75.2 Å². The molecule has 0 aromatic heterocycles. The summed E-state index contributed by atoms with van der Waals surface area (Å²) in [6, 6.07) is 17.5. The number of carbonyl (C=O) groups is 1. The molecule has 3 heteroatoms. The molecule has 2 rings (SSSR count). The number of aryl methyl sites for hydroxylation is 1. The lowest BCUT2D eigenvalue weighted by Gasteiger charge is -2.18. The maximum Gasteiger partial charge on any atom is 0.514 e. The van der Waals surface area contributed by atoms with E-state index in [2.05, 4.69) is 13.8 Å². The van der Waals surface area contributed by atoms with Crippen LogP contribution in [0.5, 0.6) is 5.75 Å². The first-order valence-electron chi connectivity index (χ1n) is 8.75. The Labute approximate surface area is 144 Å². The van der Waals surface area contributed by atoms with Crippen molar-refractivity contribution in [3.63, 3.8) is 0 Å². The first-order chi connectivity index (χ1) is 11.7. The molecule has 0 spiro atoms. The molecule has 0 radical (unpaired) electrons. The number of para-hydroxylation sites is 1. The molecule has 0 N–H and O–H groups in total. The van der Waals surface area contributed by atoms with Crippen molar-refractivity contribution in [2.75, 3.05) is 0 Å². The Bertz CT molecular complexity index is 622. The van der Waals surface area contributed by atoms with E-state index in [9.17, 15) is 4.79 Å². The molecule has 3 nitrogen and oxygen atoms in total. The molecule has 1 unspecified atom stereocenters.